The van der Waals surface area contributed by atoms with Crippen molar-refractivity contribution in [2.75, 3.05) is 18.0 Å². The van der Waals surface area contributed by atoms with E-state index in [2.05, 4.69) is 4.90 Å². The highest BCUT2D eigenvalue weighted by atomic mass is 16.4. The van der Waals surface area contributed by atoms with E-state index in [9.17, 15) is 9.59 Å². The lowest BCUT2D eigenvalue weighted by Gasteiger charge is -2.46. The number of rotatable bonds is 3. The van der Waals surface area contributed by atoms with Crippen LogP contribution in [-0.2, 0) is 9.59 Å². The number of nitrogens with zero attached hydrogens (tertiary/aromatic N) is 2. The number of para-hydroxylation sites is 1. The van der Waals surface area contributed by atoms with E-state index in [1.165, 1.54) is 6.92 Å². The van der Waals surface area contributed by atoms with Crippen LogP contribution in [0.3, 0.4) is 0 Å². The molecule has 5 nitrogen and oxygen atoms in total. The van der Waals surface area contributed by atoms with Crippen LogP contribution < -0.4 is 4.90 Å². The first-order chi connectivity index (χ1) is 9.49. The molecule has 20 heavy (non-hydrogen) atoms. The number of anilines is 1. The van der Waals surface area contributed by atoms with Gasteiger partial charge in [0.25, 0.3) is 0 Å². The van der Waals surface area contributed by atoms with E-state index in [4.69, 9.17) is 5.11 Å². The second-order valence-electron chi connectivity index (χ2n) is 5.27. The number of benzene rings is 1. The van der Waals surface area contributed by atoms with Gasteiger partial charge in [0.05, 0.1) is 12.5 Å². The summed E-state index contributed by atoms with van der Waals surface area (Å²) in [6.07, 6.45) is 0.0308. The molecule has 1 amide bonds. The Bertz CT molecular complexity index is 489. The second kappa shape index (κ2) is 5.94. The molecule has 108 valence electrons. The van der Waals surface area contributed by atoms with E-state index in [0.717, 1.165) is 5.69 Å². The van der Waals surface area contributed by atoms with Crippen molar-refractivity contribution >= 4 is 17.6 Å². The lowest BCUT2D eigenvalue weighted by Crippen LogP contribution is -2.59. The van der Waals surface area contributed by atoms with Crippen LogP contribution >= 0.6 is 0 Å². The van der Waals surface area contributed by atoms with Crippen LogP contribution in [0.15, 0.2) is 30.3 Å². The Hall–Kier alpha value is -2.04. The molecule has 1 aromatic carbocycles. The summed E-state index contributed by atoms with van der Waals surface area (Å²) in [6, 6.07) is 9.69. The molecule has 2 rings (SSSR count). The van der Waals surface area contributed by atoms with Gasteiger partial charge in [0.2, 0.25) is 5.91 Å². The molecule has 1 heterocycles. The van der Waals surface area contributed by atoms with Crippen molar-refractivity contribution in [1.82, 2.24) is 4.90 Å². The summed E-state index contributed by atoms with van der Waals surface area (Å²) in [5.41, 5.74) is 1.01. The monoisotopic (exact) mass is 276 g/mol. The first-order valence-corrected chi connectivity index (χ1v) is 6.79. The van der Waals surface area contributed by atoms with Crippen LogP contribution in [0, 0.1) is 0 Å². The lowest BCUT2D eigenvalue weighted by molar-refractivity contribution is -0.139. The van der Waals surface area contributed by atoms with E-state index in [1.54, 1.807) is 4.90 Å². The minimum Gasteiger partial charge on any atom is -0.481 e. The number of carbonyl (C=O) groups excluding carboxylic acids is 1. The summed E-state index contributed by atoms with van der Waals surface area (Å²) in [5, 5.41) is 9.11. The molecular formula is C15H20N2O3. The van der Waals surface area contributed by atoms with Gasteiger partial charge < -0.3 is 14.9 Å². The van der Waals surface area contributed by atoms with Gasteiger partial charge in [-0.05, 0) is 19.1 Å². The Balaban J connectivity index is 2.27. The number of piperazine rings is 1. The number of carbonyl (C=O) groups is 2. The molecular weight excluding hydrogens is 256 g/mol. The number of hydrogen-bond donors (Lipinski definition) is 1. The highest BCUT2D eigenvalue weighted by Crippen LogP contribution is 2.26. The van der Waals surface area contributed by atoms with Gasteiger partial charge in [-0.15, -0.1) is 0 Å². The van der Waals surface area contributed by atoms with E-state index >= 15 is 0 Å². The molecule has 1 fully saturated rings. The minimum absolute atomic E-state index is 0.0000459. The highest BCUT2D eigenvalue weighted by molar-refractivity contribution is 5.74. The predicted molar refractivity (Wildman–Crippen MR) is 76.7 cm³/mol. The molecule has 0 spiro atoms. The number of carboxylic acids is 1. The molecule has 0 aromatic heterocycles. The molecule has 1 aromatic rings. The Morgan fingerprint density at radius 1 is 1.25 bits per heavy atom. The van der Waals surface area contributed by atoms with E-state index < -0.39 is 5.97 Å². The zero-order chi connectivity index (χ0) is 14.7. The van der Waals surface area contributed by atoms with Crippen molar-refractivity contribution in [1.29, 1.82) is 0 Å². The Morgan fingerprint density at radius 3 is 2.45 bits per heavy atom. The Labute approximate surface area is 118 Å². The van der Waals surface area contributed by atoms with Gasteiger partial charge in [-0.25, -0.2) is 0 Å². The molecule has 1 N–H and O–H groups in total. The van der Waals surface area contributed by atoms with Gasteiger partial charge in [0.1, 0.15) is 0 Å². The van der Waals surface area contributed by atoms with Crippen LogP contribution in [0.4, 0.5) is 5.69 Å². The summed E-state index contributed by atoms with van der Waals surface area (Å²) >= 11 is 0. The smallest absolute Gasteiger partial charge is 0.305 e. The summed E-state index contributed by atoms with van der Waals surface area (Å²) in [6.45, 7) is 4.64. The fourth-order valence-corrected chi connectivity index (χ4v) is 2.87. The second-order valence-corrected chi connectivity index (χ2v) is 5.27. The average Bonchev–Trinajstić information content (AvgIpc) is 2.38. The quantitative estimate of drug-likeness (QED) is 0.910. The summed E-state index contributed by atoms with van der Waals surface area (Å²) in [4.78, 5) is 26.5. The number of hydrogen-bond acceptors (Lipinski definition) is 3. The van der Waals surface area contributed by atoms with Gasteiger partial charge in [0.15, 0.2) is 0 Å². The van der Waals surface area contributed by atoms with Crippen LogP contribution in [0.5, 0.6) is 0 Å². The first kappa shape index (κ1) is 14.4. The predicted octanol–water partition coefficient (Wildman–Crippen LogP) is 1.59. The fraction of sp³-hybridized carbons (Fsp3) is 0.467. The molecule has 2 atom stereocenters. The zero-order valence-electron chi connectivity index (χ0n) is 11.8. The Morgan fingerprint density at radius 2 is 1.90 bits per heavy atom. The molecule has 0 aliphatic carbocycles. The van der Waals surface area contributed by atoms with Crippen molar-refractivity contribution in [2.45, 2.75) is 32.4 Å². The van der Waals surface area contributed by atoms with E-state index in [-0.39, 0.29) is 24.4 Å². The number of amides is 1. The van der Waals surface area contributed by atoms with Gasteiger partial charge in [-0.3, -0.25) is 9.59 Å². The van der Waals surface area contributed by atoms with E-state index in [1.807, 2.05) is 37.3 Å². The van der Waals surface area contributed by atoms with Gasteiger partial charge >= 0.3 is 5.97 Å². The van der Waals surface area contributed by atoms with Crippen molar-refractivity contribution in [3.63, 3.8) is 0 Å². The third-order valence-electron chi connectivity index (χ3n) is 3.69. The van der Waals surface area contributed by atoms with Crippen LogP contribution in [0.25, 0.3) is 0 Å². The summed E-state index contributed by atoms with van der Waals surface area (Å²) in [7, 11) is 0. The molecule has 1 aliphatic heterocycles. The summed E-state index contributed by atoms with van der Waals surface area (Å²) < 4.78 is 0. The summed E-state index contributed by atoms with van der Waals surface area (Å²) in [5.74, 6) is -0.839. The molecule has 0 saturated carbocycles. The molecule has 0 unspecified atom stereocenters. The minimum atomic E-state index is -0.839. The largest absolute Gasteiger partial charge is 0.481 e. The van der Waals surface area contributed by atoms with Gasteiger partial charge in [-0.2, -0.15) is 0 Å². The highest BCUT2D eigenvalue weighted by Gasteiger charge is 2.34. The van der Waals surface area contributed by atoms with Gasteiger partial charge in [0, 0.05) is 31.7 Å². The normalized spacial score (nSPS) is 22.7. The first-order valence-electron chi connectivity index (χ1n) is 6.79. The zero-order valence-corrected chi connectivity index (χ0v) is 11.8. The standard InChI is InChI=1S/C15H20N2O3/c1-11-9-16(12(2)18)10-14(8-15(19)20)17(11)13-6-4-3-5-7-13/h3-7,11,14H,8-10H2,1-2H3,(H,19,20)/t11-,14-/m1/s1. The third kappa shape index (κ3) is 3.10. The molecule has 0 radical (unpaired) electrons. The van der Waals surface area contributed by atoms with Crippen LogP contribution in [-0.4, -0.2) is 47.1 Å². The van der Waals surface area contributed by atoms with Crippen molar-refractivity contribution in [3.05, 3.63) is 30.3 Å². The van der Waals surface area contributed by atoms with Crippen LogP contribution in [0.2, 0.25) is 0 Å². The topological polar surface area (TPSA) is 60.9 Å². The van der Waals surface area contributed by atoms with E-state index in [0.29, 0.717) is 13.1 Å². The number of aliphatic carboxylic acids is 1. The maximum atomic E-state index is 11.6. The van der Waals surface area contributed by atoms with Crippen LogP contribution in [0.1, 0.15) is 20.3 Å². The maximum Gasteiger partial charge on any atom is 0.305 e. The van der Waals surface area contributed by atoms with Gasteiger partial charge in [-0.1, -0.05) is 18.2 Å². The number of carboxylic acid groups (broad SMARTS) is 1. The lowest BCUT2D eigenvalue weighted by atomic mass is 10.0. The maximum absolute atomic E-state index is 11.6. The average molecular weight is 276 g/mol. The SMILES string of the molecule is CC(=O)N1C[C@@H](CC(=O)O)N(c2ccccc2)[C@H](C)C1. The molecule has 1 aliphatic rings. The molecule has 0 bridgehead atoms. The molecule has 1 saturated heterocycles. The van der Waals surface area contributed by atoms with Crippen molar-refractivity contribution < 1.29 is 14.7 Å². The third-order valence-corrected chi connectivity index (χ3v) is 3.69. The van der Waals surface area contributed by atoms with Crippen molar-refractivity contribution in [3.8, 4) is 0 Å². The fourth-order valence-electron chi connectivity index (χ4n) is 2.87. The Kier molecular flexibility index (Phi) is 4.27. The van der Waals surface area contributed by atoms with Crippen molar-refractivity contribution in [2.24, 2.45) is 0 Å². The molecule has 5 heteroatoms.